The first kappa shape index (κ1) is 25.3. The lowest BCUT2D eigenvalue weighted by atomic mass is 10.1. The third-order valence-electron chi connectivity index (χ3n) is 4.98. The molecular weight excluding hydrogens is 467 g/mol. The predicted octanol–water partition coefficient (Wildman–Crippen LogP) is 4.56. The summed E-state index contributed by atoms with van der Waals surface area (Å²) in [6.45, 7) is 5.03. The lowest BCUT2D eigenvalue weighted by Gasteiger charge is -2.26. The predicted molar refractivity (Wildman–Crippen MR) is 124 cm³/mol. The minimum Gasteiger partial charge on any atom is -0.330 e. The molecule has 11 heteroatoms. The van der Waals surface area contributed by atoms with Gasteiger partial charge in [-0.2, -0.15) is 13.2 Å². The largest absolute Gasteiger partial charge is 0.418 e. The van der Waals surface area contributed by atoms with Crippen LogP contribution < -0.4 is 5.32 Å². The molecule has 0 aliphatic carbocycles. The van der Waals surface area contributed by atoms with Crippen LogP contribution in [0.4, 0.5) is 18.9 Å². The van der Waals surface area contributed by atoms with E-state index in [2.05, 4.69) is 15.5 Å². The summed E-state index contributed by atoms with van der Waals surface area (Å²) in [6, 6.07) is 12.0. The smallest absolute Gasteiger partial charge is 0.330 e. The number of hydrogen-bond acceptors (Lipinski definition) is 5. The van der Waals surface area contributed by atoms with Crippen molar-refractivity contribution in [3.05, 3.63) is 66.0 Å². The second-order valence-corrected chi connectivity index (χ2v) is 8.71. The maximum absolute atomic E-state index is 13.2. The number of alkyl halides is 3. The van der Waals surface area contributed by atoms with Crippen molar-refractivity contribution >= 4 is 29.3 Å². The standard InChI is InChI=1S/C23H24F3N5O2S/c1-15(2)30(12-20(32)28-18-10-6-5-9-17(18)23(24,25)26)21(33)13-34-22-29-27-14-31(22)19-11-7-4-8-16(19)3/h4-11,14-15H,12-13H2,1-3H3,(H,28,32). The highest BCUT2D eigenvalue weighted by molar-refractivity contribution is 7.99. The van der Waals surface area contributed by atoms with Crippen LogP contribution in [0.3, 0.4) is 0 Å². The van der Waals surface area contributed by atoms with Gasteiger partial charge in [0.2, 0.25) is 11.8 Å². The molecule has 7 nitrogen and oxygen atoms in total. The van der Waals surface area contributed by atoms with E-state index in [0.717, 1.165) is 17.3 Å². The van der Waals surface area contributed by atoms with Gasteiger partial charge in [-0.05, 0) is 44.5 Å². The molecule has 0 saturated heterocycles. The van der Waals surface area contributed by atoms with Crippen molar-refractivity contribution in [1.82, 2.24) is 19.7 Å². The second-order valence-electron chi connectivity index (χ2n) is 7.77. The van der Waals surface area contributed by atoms with Crippen LogP contribution in [0.1, 0.15) is 25.0 Å². The zero-order chi connectivity index (χ0) is 24.9. The number of hydrogen-bond donors (Lipinski definition) is 1. The third kappa shape index (κ3) is 6.16. The van der Waals surface area contributed by atoms with Crippen molar-refractivity contribution in [3.63, 3.8) is 0 Å². The van der Waals surface area contributed by atoms with Gasteiger partial charge in [-0.15, -0.1) is 10.2 Å². The number of benzene rings is 2. The van der Waals surface area contributed by atoms with Crippen LogP contribution in [-0.4, -0.2) is 49.8 Å². The van der Waals surface area contributed by atoms with E-state index < -0.39 is 17.6 Å². The van der Waals surface area contributed by atoms with E-state index in [-0.39, 0.29) is 29.9 Å². The Kier molecular flexibility index (Phi) is 7.98. The number of amides is 2. The summed E-state index contributed by atoms with van der Waals surface area (Å²) in [5.41, 5.74) is 0.592. The number of carbonyl (C=O) groups excluding carboxylic acids is 2. The molecule has 0 fully saturated rings. The Balaban J connectivity index is 1.67. The van der Waals surface area contributed by atoms with E-state index in [9.17, 15) is 22.8 Å². The first-order valence-electron chi connectivity index (χ1n) is 10.4. The molecule has 0 radical (unpaired) electrons. The summed E-state index contributed by atoms with van der Waals surface area (Å²) in [5, 5.41) is 10.8. The maximum atomic E-state index is 13.2. The van der Waals surface area contributed by atoms with Crippen molar-refractivity contribution in [2.75, 3.05) is 17.6 Å². The zero-order valence-corrected chi connectivity index (χ0v) is 19.7. The Hall–Kier alpha value is -3.34. The molecule has 0 spiro atoms. The minimum atomic E-state index is -4.61. The Labute approximate surface area is 199 Å². The highest BCUT2D eigenvalue weighted by Gasteiger charge is 2.33. The number of nitrogens with one attached hydrogen (secondary N) is 1. The number of para-hydroxylation sites is 2. The number of thioether (sulfide) groups is 1. The third-order valence-corrected chi connectivity index (χ3v) is 5.91. The first-order valence-corrected chi connectivity index (χ1v) is 11.4. The number of nitrogens with zero attached hydrogens (tertiary/aromatic N) is 4. The van der Waals surface area contributed by atoms with Gasteiger partial charge in [0.15, 0.2) is 5.16 Å². The van der Waals surface area contributed by atoms with Crippen molar-refractivity contribution in [2.24, 2.45) is 0 Å². The number of halogens is 3. The Morgan fingerprint density at radius 3 is 2.47 bits per heavy atom. The Morgan fingerprint density at radius 2 is 1.79 bits per heavy atom. The number of aromatic nitrogens is 3. The summed E-state index contributed by atoms with van der Waals surface area (Å²) < 4.78 is 41.4. The quantitative estimate of drug-likeness (QED) is 0.467. The number of carbonyl (C=O) groups is 2. The maximum Gasteiger partial charge on any atom is 0.418 e. The molecule has 2 amide bonds. The highest BCUT2D eigenvalue weighted by Crippen LogP contribution is 2.34. The van der Waals surface area contributed by atoms with Gasteiger partial charge >= 0.3 is 6.18 Å². The van der Waals surface area contributed by atoms with E-state index in [1.54, 1.807) is 24.7 Å². The van der Waals surface area contributed by atoms with Gasteiger partial charge in [0.05, 0.1) is 22.7 Å². The normalized spacial score (nSPS) is 11.5. The number of rotatable bonds is 8. The molecule has 2 aromatic carbocycles. The van der Waals surface area contributed by atoms with Gasteiger partial charge in [0.25, 0.3) is 0 Å². The molecule has 180 valence electrons. The lowest BCUT2D eigenvalue weighted by molar-refractivity contribution is -0.137. The van der Waals surface area contributed by atoms with E-state index in [1.165, 1.54) is 34.9 Å². The van der Waals surface area contributed by atoms with Crippen LogP contribution in [0.5, 0.6) is 0 Å². The molecule has 0 saturated carbocycles. The van der Waals surface area contributed by atoms with Crippen LogP contribution in [0.15, 0.2) is 60.0 Å². The summed E-state index contributed by atoms with van der Waals surface area (Å²) >= 11 is 1.17. The van der Waals surface area contributed by atoms with E-state index in [4.69, 9.17) is 0 Å². The fraction of sp³-hybridized carbons (Fsp3) is 0.304. The van der Waals surface area contributed by atoms with E-state index >= 15 is 0 Å². The van der Waals surface area contributed by atoms with Crippen molar-refractivity contribution in [2.45, 2.75) is 38.1 Å². The van der Waals surface area contributed by atoms with Crippen LogP contribution in [-0.2, 0) is 15.8 Å². The van der Waals surface area contributed by atoms with E-state index in [0.29, 0.717) is 5.16 Å². The fourth-order valence-corrected chi connectivity index (χ4v) is 4.08. The lowest BCUT2D eigenvalue weighted by Crippen LogP contribution is -2.43. The van der Waals surface area contributed by atoms with Gasteiger partial charge in [-0.1, -0.05) is 42.1 Å². The molecular formula is C23H24F3N5O2S. The first-order chi connectivity index (χ1) is 16.1. The van der Waals surface area contributed by atoms with Gasteiger partial charge in [-0.25, -0.2) is 0 Å². The summed E-state index contributed by atoms with van der Waals surface area (Å²) in [5.74, 6) is -1.08. The van der Waals surface area contributed by atoms with Crippen molar-refractivity contribution in [3.8, 4) is 5.69 Å². The second kappa shape index (κ2) is 10.7. The average Bonchev–Trinajstić information content (AvgIpc) is 3.24. The van der Waals surface area contributed by atoms with Crippen molar-refractivity contribution < 1.29 is 22.8 Å². The number of anilines is 1. The Bertz CT molecular complexity index is 1160. The summed E-state index contributed by atoms with van der Waals surface area (Å²) in [7, 11) is 0. The molecule has 0 aliphatic heterocycles. The zero-order valence-electron chi connectivity index (χ0n) is 18.8. The van der Waals surface area contributed by atoms with Crippen LogP contribution >= 0.6 is 11.8 Å². The van der Waals surface area contributed by atoms with Crippen LogP contribution in [0, 0.1) is 6.92 Å². The van der Waals surface area contributed by atoms with Crippen molar-refractivity contribution in [1.29, 1.82) is 0 Å². The average molecular weight is 492 g/mol. The van der Waals surface area contributed by atoms with Crippen LogP contribution in [0.25, 0.3) is 5.69 Å². The molecule has 0 atom stereocenters. The molecule has 1 heterocycles. The molecule has 3 rings (SSSR count). The van der Waals surface area contributed by atoms with Gasteiger partial charge in [0, 0.05) is 6.04 Å². The Morgan fingerprint density at radius 1 is 1.12 bits per heavy atom. The van der Waals surface area contributed by atoms with Gasteiger partial charge < -0.3 is 10.2 Å². The SMILES string of the molecule is Cc1ccccc1-n1cnnc1SCC(=O)N(CC(=O)Nc1ccccc1C(F)(F)F)C(C)C. The topological polar surface area (TPSA) is 80.1 Å². The summed E-state index contributed by atoms with van der Waals surface area (Å²) in [4.78, 5) is 26.7. The van der Waals surface area contributed by atoms with Gasteiger partial charge in [0.1, 0.15) is 12.9 Å². The van der Waals surface area contributed by atoms with E-state index in [1.807, 2.05) is 31.2 Å². The number of aryl methyl sites for hydroxylation is 1. The fourth-order valence-electron chi connectivity index (χ4n) is 3.27. The molecule has 1 N–H and O–H groups in total. The molecule has 1 aromatic heterocycles. The van der Waals surface area contributed by atoms with Gasteiger partial charge in [-0.3, -0.25) is 14.2 Å². The molecule has 0 unspecified atom stereocenters. The highest BCUT2D eigenvalue weighted by atomic mass is 32.2. The van der Waals surface area contributed by atoms with Crippen LogP contribution in [0.2, 0.25) is 0 Å². The minimum absolute atomic E-state index is 0.0187. The molecule has 0 aliphatic rings. The molecule has 34 heavy (non-hydrogen) atoms. The monoisotopic (exact) mass is 491 g/mol. The summed E-state index contributed by atoms with van der Waals surface area (Å²) in [6.07, 6.45) is -3.05. The molecule has 0 bridgehead atoms. The molecule has 3 aromatic rings.